The first-order valence-electron chi connectivity index (χ1n) is 25.8. The predicted octanol–water partition coefficient (Wildman–Crippen LogP) is -15.9. The number of carboxylic acids is 3. The Labute approximate surface area is 477 Å². The number of hydrogen-bond acceptors (Lipinski definition) is 34. The summed E-state index contributed by atoms with van der Waals surface area (Å²) >= 11 is 0. The van der Waals surface area contributed by atoms with Crippen molar-refractivity contribution in [1.82, 2.24) is 16.0 Å². The Kier molecular flexibility index (Phi) is 25.1. The molecule has 0 radical (unpaired) electrons. The third-order valence-electron chi connectivity index (χ3n) is 14.7. The minimum Gasteiger partial charge on any atom is -0.477 e. The van der Waals surface area contributed by atoms with Gasteiger partial charge < -0.3 is 171 Å². The zero-order chi connectivity index (χ0) is 64.0. The Balaban J connectivity index is 1.53. The molecule has 0 aromatic rings. The molecule has 0 unspecified atom stereocenters. The number of nitrogens with one attached hydrogen (secondary N) is 3. The molecule has 0 aromatic carbocycles. The lowest BCUT2D eigenvalue weighted by Crippen LogP contribution is -2.72. The second kappa shape index (κ2) is 29.8. The van der Waals surface area contributed by atoms with Crippen LogP contribution in [0.15, 0.2) is 0 Å². The van der Waals surface area contributed by atoms with E-state index < -0.39 is 271 Å². The minimum atomic E-state index is -3.60. The minimum absolute atomic E-state index is 0.828. The second-order valence-corrected chi connectivity index (χ2v) is 20.5. The Hall–Kier alpha value is -4.30. The van der Waals surface area contributed by atoms with Crippen LogP contribution in [0.25, 0.3) is 0 Å². The smallest absolute Gasteiger partial charge is 0.364 e. The normalized spacial score (nSPS) is 41.0. The van der Waals surface area contributed by atoms with Gasteiger partial charge in [0.25, 0.3) is 17.4 Å². The molecule has 0 bridgehead atoms. The van der Waals surface area contributed by atoms with Crippen molar-refractivity contribution < 1.29 is 184 Å². The van der Waals surface area contributed by atoms with Gasteiger partial charge >= 0.3 is 17.9 Å². The van der Waals surface area contributed by atoms with Gasteiger partial charge in [0.1, 0.15) is 117 Å². The monoisotopic (exact) mass is 1250 g/mol. The van der Waals surface area contributed by atoms with E-state index in [-0.39, 0.29) is 0 Å². The first kappa shape index (κ1) is 71.5. The molecule has 5 aliphatic heterocycles. The number of rotatable bonds is 27. The number of carboxylic acid groups (broad SMARTS) is 3. The van der Waals surface area contributed by atoms with Crippen molar-refractivity contribution in [3.05, 3.63) is 0 Å². The number of aliphatic hydroxyl groups is 19. The molecule has 40 nitrogen and oxygen atoms in total. The van der Waals surface area contributed by atoms with Crippen LogP contribution in [0.2, 0.25) is 0 Å². The third kappa shape index (κ3) is 15.4. The topological polar surface area (TPSA) is 667 Å². The molecule has 5 aliphatic rings. The fourth-order valence-electron chi connectivity index (χ4n) is 10.3. The van der Waals surface area contributed by atoms with Gasteiger partial charge in [-0.05, 0) is 0 Å². The highest BCUT2D eigenvalue weighted by Crippen LogP contribution is 2.42. The lowest BCUT2D eigenvalue weighted by atomic mass is 9.86. The van der Waals surface area contributed by atoms with Crippen LogP contribution in [0.5, 0.6) is 0 Å². The molecule has 85 heavy (non-hydrogen) atoms. The fraction of sp³-hybridized carbons (Fsp3) is 0.867. The summed E-state index contributed by atoms with van der Waals surface area (Å²) in [6.45, 7) is -8.55. The fourth-order valence-corrected chi connectivity index (χ4v) is 10.3. The van der Waals surface area contributed by atoms with Gasteiger partial charge in [0, 0.05) is 26.2 Å². The van der Waals surface area contributed by atoms with Crippen molar-refractivity contribution in [3.63, 3.8) is 0 Å². The summed E-state index contributed by atoms with van der Waals surface area (Å²) < 4.78 is 49.8. The predicted molar refractivity (Wildman–Crippen MR) is 256 cm³/mol. The molecular formula is C45H73N3O37. The Bertz CT molecular complexity index is 2260. The maximum Gasteiger partial charge on any atom is 0.364 e. The van der Waals surface area contributed by atoms with Crippen molar-refractivity contribution in [3.8, 4) is 0 Å². The molecule has 5 heterocycles. The summed E-state index contributed by atoms with van der Waals surface area (Å²) in [5, 5.41) is 242. The number of aliphatic carboxylic acids is 3. The van der Waals surface area contributed by atoms with Crippen molar-refractivity contribution in [2.45, 2.75) is 196 Å². The Morgan fingerprint density at radius 3 is 1.31 bits per heavy atom. The molecule has 25 N–H and O–H groups in total. The van der Waals surface area contributed by atoms with Gasteiger partial charge in [-0.2, -0.15) is 0 Å². The molecule has 5 saturated heterocycles. The largest absolute Gasteiger partial charge is 0.477 e. The van der Waals surface area contributed by atoms with Gasteiger partial charge in [-0.25, -0.2) is 14.4 Å². The number of hydrogen-bond donors (Lipinski definition) is 25. The average molecular weight is 1250 g/mol. The van der Waals surface area contributed by atoms with E-state index in [1.165, 1.54) is 0 Å². The van der Waals surface area contributed by atoms with Crippen LogP contribution < -0.4 is 16.0 Å². The number of amides is 3. The summed E-state index contributed by atoms with van der Waals surface area (Å²) in [5.74, 6) is -21.2. The molecule has 5 rings (SSSR count). The van der Waals surface area contributed by atoms with Gasteiger partial charge in [0.15, 0.2) is 12.6 Å². The maximum atomic E-state index is 13.5. The number of ether oxygens (including phenoxy) is 9. The standard InChI is InChI=1S/C45H73N3O37/c1-12(56)46-23-13(57)2-44(41(73)74,83-35(23)28(65)18(7-51)80-43(40(71)72)3-14(58)24(47-21(61)10-54)34(82-43)26(63)16(60)5-49)81-19(8-52)29(66)36-25(48-22(62)11-55)15(59)4-45(84-36,42(75)76)85-37-27(64)17(6-50)78-39(32(37)69)79-33-20(9-53)77-38(70)31(68)30(33)67/h13-20,23-39,49-55,57-60,63-70H,2-11H2,1H3,(H,46,56)(H,47,61)(H,48,62)(H,71,72)(H,73,74)(H,75,76)/t13-,14-,15-,16+,17+,18+,19+,20+,23+,24+,25+,26+,27-,28+,29+,30+,31+,32+,33+,34+,35+,36+,37-,38+,39-,43+,44+,45-/m0/s1. The van der Waals surface area contributed by atoms with Gasteiger partial charge in [-0.1, -0.05) is 0 Å². The van der Waals surface area contributed by atoms with E-state index in [0.717, 1.165) is 6.92 Å². The van der Waals surface area contributed by atoms with Gasteiger partial charge in [0.2, 0.25) is 17.7 Å². The molecule has 490 valence electrons. The summed E-state index contributed by atoms with van der Waals surface area (Å²) in [5.41, 5.74) is 0. The summed E-state index contributed by atoms with van der Waals surface area (Å²) in [4.78, 5) is 77.3. The number of aliphatic hydroxyl groups excluding tert-OH is 19. The molecule has 0 aliphatic carbocycles. The van der Waals surface area contributed by atoms with Crippen molar-refractivity contribution >= 4 is 35.6 Å². The van der Waals surface area contributed by atoms with Gasteiger partial charge in [-0.15, -0.1) is 0 Å². The lowest BCUT2D eigenvalue weighted by Gasteiger charge is -2.51. The molecule has 0 aromatic heterocycles. The van der Waals surface area contributed by atoms with E-state index in [4.69, 9.17) is 42.6 Å². The molecule has 0 spiro atoms. The Morgan fingerprint density at radius 2 is 0.918 bits per heavy atom. The summed E-state index contributed by atoms with van der Waals surface area (Å²) in [6, 6.07) is -6.19. The van der Waals surface area contributed by atoms with E-state index in [0.29, 0.717) is 0 Å². The second-order valence-electron chi connectivity index (χ2n) is 20.5. The number of carbonyl (C=O) groups is 6. The van der Waals surface area contributed by atoms with Crippen LogP contribution in [0.4, 0.5) is 0 Å². The van der Waals surface area contributed by atoms with E-state index >= 15 is 0 Å². The highest BCUT2D eigenvalue weighted by molar-refractivity contribution is 5.79. The van der Waals surface area contributed by atoms with E-state index in [1.807, 2.05) is 10.6 Å². The van der Waals surface area contributed by atoms with Crippen LogP contribution in [0, 0.1) is 0 Å². The molecule has 5 fully saturated rings. The van der Waals surface area contributed by atoms with Crippen molar-refractivity contribution in [2.24, 2.45) is 0 Å². The van der Waals surface area contributed by atoms with Crippen molar-refractivity contribution in [1.29, 1.82) is 0 Å². The van der Waals surface area contributed by atoms with Crippen LogP contribution in [-0.4, -0.2) is 364 Å². The van der Waals surface area contributed by atoms with Crippen LogP contribution >= 0.6 is 0 Å². The van der Waals surface area contributed by atoms with Crippen molar-refractivity contribution in [2.75, 3.05) is 46.2 Å². The lowest BCUT2D eigenvalue weighted by molar-refractivity contribution is -0.387. The average Bonchev–Trinajstić information content (AvgIpc) is 1.27. The molecule has 3 amide bonds. The van der Waals surface area contributed by atoms with Crippen LogP contribution in [0.3, 0.4) is 0 Å². The molecule has 28 atom stereocenters. The van der Waals surface area contributed by atoms with Gasteiger partial charge in [-0.3, -0.25) is 14.4 Å². The Morgan fingerprint density at radius 1 is 0.506 bits per heavy atom. The van der Waals surface area contributed by atoms with E-state index in [1.54, 1.807) is 0 Å². The van der Waals surface area contributed by atoms with E-state index in [2.05, 4.69) is 5.32 Å². The molecular weight excluding hydrogens is 1170 g/mol. The number of carbonyl (C=O) groups excluding carboxylic acids is 3. The highest BCUT2D eigenvalue weighted by Gasteiger charge is 2.64. The van der Waals surface area contributed by atoms with Gasteiger partial charge in [0.05, 0.1) is 69.5 Å². The first-order valence-corrected chi connectivity index (χ1v) is 25.8. The maximum absolute atomic E-state index is 13.5. The van der Waals surface area contributed by atoms with E-state index in [9.17, 15) is 141 Å². The summed E-state index contributed by atoms with van der Waals surface area (Å²) in [7, 11) is 0. The quantitative estimate of drug-likeness (QED) is 0.0363. The molecule has 0 saturated carbocycles. The van der Waals surface area contributed by atoms with Crippen LogP contribution in [0.1, 0.15) is 26.2 Å². The SMILES string of the molecule is CC(=O)N[C@H]1[C@H]([C@H](O)[C@@H](CO)O[C@]2(C(=O)O)C[C@H](O)[C@@H](NC(=O)CO)[C@H]([C@H](O)[C@H](O)CO)O2)O[C@@](O[C@H](CO)[C@@H](O)[C@@H]2O[C@@](O[C@H]3[C@@H](O)[C@@H](CO)O[C@@H](O[C@H]4[C@H](O)[C@@H](O)[C@H](O)O[C@@H]4CO)[C@@H]3O)(C(=O)O)C[C@H](O)[C@H]2NC(=O)CO)(C(=O)O)C[C@@H]1O. The third-order valence-corrected chi connectivity index (χ3v) is 14.7. The first-order chi connectivity index (χ1) is 39.8. The zero-order valence-electron chi connectivity index (χ0n) is 44.5. The highest BCUT2D eigenvalue weighted by atomic mass is 16.8. The molecule has 40 heteroatoms. The van der Waals surface area contributed by atoms with Crippen LogP contribution in [-0.2, 0) is 71.4 Å². The zero-order valence-corrected chi connectivity index (χ0v) is 44.5. The summed E-state index contributed by atoms with van der Waals surface area (Å²) in [6.07, 6.45) is -55.6.